The minimum Gasteiger partial charge on any atom is -0.380 e. The maximum Gasteiger partial charge on any atom is 0.417 e. The van der Waals surface area contributed by atoms with E-state index in [2.05, 4.69) is 5.10 Å². The summed E-state index contributed by atoms with van der Waals surface area (Å²) in [4.78, 5) is 13.2. The van der Waals surface area contributed by atoms with Crippen molar-refractivity contribution in [2.24, 2.45) is 0 Å². The number of carbonyl (C=O) groups excluding carboxylic acids is 1. The summed E-state index contributed by atoms with van der Waals surface area (Å²) >= 11 is 0. The smallest absolute Gasteiger partial charge is 0.380 e. The number of hydrogen-bond acceptors (Lipinski definition) is 5. The van der Waals surface area contributed by atoms with Gasteiger partial charge in [0, 0.05) is 24.8 Å². The third kappa shape index (κ3) is 4.63. The Morgan fingerprint density at radius 3 is 2.44 bits per heavy atom. The monoisotopic (exact) mass is 411 g/mol. The zero-order valence-corrected chi connectivity index (χ0v) is 16.5. The number of amides is 1. The molecule has 2 heterocycles. The Bertz CT molecular complexity index is 831. The highest BCUT2D eigenvalue weighted by Gasteiger charge is 2.51. The van der Waals surface area contributed by atoms with Crippen LogP contribution in [0.1, 0.15) is 42.8 Å². The van der Waals surface area contributed by atoms with Crippen LogP contribution in [0.25, 0.3) is 0 Å². The lowest BCUT2D eigenvalue weighted by atomic mass is 10.0. The highest BCUT2D eigenvalue weighted by atomic mass is 32.2. The lowest BCUT2D eigenvalue weighted by molar-refractivity contribution is -0.254. The summed E-state index contributed by atoms with van der Waals surface area (Å²) < 4.78 is 63.3. The van der Waals surface area contributed by atoms with Crippen LogP contribution < -0.4 is 0 Å². The van der Waals surface area contributed by atoms with Crippen molar-refractivity contribution in [3.8, 4) is 0 Å². The summed E-state index contributed by atoms with van der Waals surface area (Å²) in [6, 6.07) is -0.283. The zero-order chi connectivity index (χ0) is 20.8. The number of aliphatic hydroxyl groups is 1. The number of aromatic nitrogens is 2. The van der Waals surface area contributed by atoms with Gasteiger partial charge in [0.2, 0.25) is 5.91 Å². The van der Waals surface area contributed by atoms with Gasteiger partial charge in [-0.15, -0.1) is 0 Å². The summed E-state index contributed by atoms with van der Waals surface area (Å²) in [6.07, 6.45) is -5.54. The number of sulfone groups is 1. The van der Waals surface area contributed by atoms with Gasteiger partial charge in [-0.25, -0.2) is 8.42 Å². The molecular weight excluding hydrogens is 387 g/mol. The Morgan fingerprint density at radius 2 is 1.96 bits per heavy atom. The topological polar surface area (TPSA) is 92.5 Å². The molecule has 11 heteroatoms. The van der Waals surface area contributed by atoms with Crippen LogP contribution in [0, 0.1) is 13.8 Å². The molecule has 1 amide bonds. The van der Waals surface area contributed by atoms with Crippen LogP contribution in [-0.2, 0) is 21.2 Å². The Hall–Kier alpha value is -1.62. The normalized spacial score (nSPS) is 21.9. The van der Waals surface area contributed by atoms with Gasteiger partial charge in [0.25, 0.3) is 0 Å². The molecule has 0 bridgehead atoms. The lowest BCUT2D eigenvalue weighted by Crippen LogP contribution is -2.46. The van der Waals surface area contributed by atoms with E-state index < -0.39 is 33.9 Å². The Kier molecular flexibility index (Phi) is 5.69. The average molecular weight is 411 g/mol. The van der Waals surface area contributed by atoms with E-state index in [1.807, 2.05) is 0 Å². The Labute approximate surface area is 156 Å². The molecule has 2 atom stereocenters. The van der Waals surface area contributed by atoms with Crippen LogP contribution in [0.15, 0.2) is 0 Å². The molecule has 1 aromatic rings. The van der Waals surface area contributed by atoms with Crippen molar-refractivity contribution in [1.29, 1.82) is 0 Å². The fourth-order valence-corrected chi connectivity index (χ4v) is 4.80. The van der Waals surface area contributed by atoms with E-state index in [-0.39, 0.29) is 24.1 Å². The summed E-state index contributed by atoms with van der Waals surface area (Å²) in [5.74, 6) is -0.763. The zero-order valence-electron chi connectivity index (χ0n) is 15.7. The van der Waals surface area contributed by atoms with E-state index in [0.717, 1.165) is 4.90 Å². The number of carbonyl (C=O) groups is 1. The second-order valence-corrected chi connectivity index (χ2v) is 9.58. The molecule has 1 N–H and O–H groups in total. The maximum atomic E-state index is 12.8. The van der Waals surface area contributed by atoms with Crippen molar-refractivity contribution in [2.75, 3.05) is 18.6 Å². The van der Waals surface area contributed by atoms with Crippen LogP contribution in [0.5, 0.6) is 0 Å². The standard InChI is InChI=1S/C16H24F3N3O4S/c1-10-13(8-21(4)14(23)7-15(3,24)16(17,18)19)11(2)22(20-10)12-5-6-27(25,26)9-12/h12,24H,5-9H2,1-4H3/t12-,15+/m1/s1. The summed E-state index contributed by atoms with van der Waals surface area (Å²) in [5, 5.41) is 13.9. The van der Waals surface area contributed by atoms with E-state index in [0.29, 0.717) is 30.3 Å². The number of alkyl halides is 3. The van der Waals surface area contributed by atoms with Crippen LogP contribution in [-0.4, -0.2) is 64.4 Å². The molecule has 0 aromatic carbocycles. The van der Waals surface area contributed by atoms with Crippen LogP contribution >= 0.6 is 0 Å². The highest BCUT2D eigenvalue weighted by Crippen LogP contribution is 2.33. The van der Waals surface area contributed by atoms with Crippen molar-refractivity contribution in [3.05, 3.63) is 17.0 Å². The molecule has 1 aliphatic rings. The van der Waals surface area contributed by atoms with E-state index in [1.165, 1.54) is 7.05 Å². The van der Waals surface area contributed by atoms with Crippen molar-refractivity contribution >= 4 is 15.7 Å². The van der Waals surface area contributed by atoms with Crippen LogP contribution in [0.3, 0.4) is 0 Å². The van der Waals surface area contributed by atoms with Crippen molar-refractivity contribution in [2.45, 2.75) is 58.0 Å². The predicted molar refractivity (Wildman–Crippen MR) is 91.8 cm³/mol. The minimum atomic E-state index is -4.91. The molecule has 0 saturated carbocycles. The van der Waals surface area contributed by atoms with E-state index in [4.69, 9.17) is 0 Å². The number of rotatable bonds is 5. The molecule has 2 rings (SSSR count). The summed E-state index contributed by atoms with van der Waals surface area (Å²) in [7, 11) is -1.74. The first-order valence-electron chi connectivity index (χ1n) is 8.42. The van der Waals surface area contributed by atoms with E-state index in [9.17, 15) is 31.5 Å². The predicted octanol–water partition coefficient (Wildman–Crippen LogP) is 1.52. The first-order chi connectivity index (χ1) is 12.1. The quantitative estimate of drug-likeness (QED) is 0.793. The first kappa shape index (κ1) is 21.7. The van der Waals surface area contributed by atoms with Crippen molar-refractivity contribution < 1.29 is 31.5 Å². The number of nitrogens with zero attached hydrogens (tertiary/aromatic N) is 3. The van der Waals surface area contributed by atoms with Gasteiger partial charge in [0.15, 0.2) is 15.4 Å². The van der Waals surface area contributed by atoms with Gasteiger partial charge >= 0.3 is 6.18 Å². The fourth-order valence-electron chi connectivity index (χ4n) is 3.10. The molecule has 154 valence electrons. The number of halogens is 3. The van der Waals surface area contributed by atoms with Gasteiger partial charge in [0.1, 0.15) is 0 Å². The van der Waals surface area contributed by atoms with Crippen LogP contribution in [0.4, 0.5) is 13.2 Å². The molecule has 0 unspecified atom stereocenters. The molecular formula is C16H24F3N3O4S. The summed E-state index contributed by atoms with van der Waals surface area (Å²) in [5.41, 5.74) is -1.19. The molecule has 0 radical (unpaired) electrons. The van der Waals surface area contributed by atoms with Crippen molar-refractivity contribution in [3.63, 3.8) is 0 Å². The van der Waals surface area contributed by atoms with Gasteiger partial charge in [-0.2, -0.15) is 18.3 Å². The second-order valence-electron chi connectivity index (χ2n) is 7.35. The number of hydrogen-bond donors (Lipinski definition) is 1. The molecule has 7 nitrogen and oxygen atoms in total. The van der Waals surface area contributed by atoms with Gasteiger partial charge in [0.05, 0.1) is 29.7 Å². The van der Waals surface area contributed by atoms with Gasteiger partial charge in [-0.3, -0.25) is 9.48 Å². The van der Waals surface area contributed by atoms with Gasteiger partial charge in [-0.05, 0) is 27.2 Å². The van der Waals surface area contributed by atoms with E-state index in [1.54, 1.807) is 18.5 Å². The second kappa shape index (κ2) is 7.08. The maximum absolute atomic E-state index is 12.8. The largest absolute Gasteiger partial charge is 0.417 e. The van der Waals surface area contributed by atoms with Crippen molar-refractivity contribution in [1.82, 2.24) is 14.7 Å². The lowest BCUT2D eigenvalue weighted by Gasteiger charge is -2.28. The molecule has 0 spiro atoms. The summed E-state index contributed by atoms with van der Waals surface area (Å²) in [6.45, 7) is 4.02. The fraction of sp³-hybridized carbons (Fsp3) is 0.750. The molecule has 27 heavy (non-hydrogen) atoms. The molecule has 1 saturated heterocycles. The SMILES string of the molecule is Cc1nn([C@@H]2CCS(=O)(=O)C2)c(C)c1CN(C)C(=O)C[C@](C)(O)C(F)(F)F. The van der Waals surface area contributed by atoms with E-state index >= 15 is 0 Å². The van der Waals surface area contributed by atoms with Gasteiger partial charge in [-0.1, -0.05) is 0 Å². The minimum absolute atomic E-state index is 0.00236. The Balaban J connectivity index is 2.15. The molecule has 1 fully saturated rings. The number of aryl methyl sites for hydroxylation is 1. The molecule has 0 aliphatic carbocycles. The first-order valence-corrected chi connectivity index (χ1v) is 10.2. The molecule has 1 aliphatic heterocycles. The average Bonchev–Trinajstić information content (AvgIpc) is 2.99. The van der Waals surface area contributed by atoms with Gasteiger partial charge < -0.3 is 10.0 Å². The highest BCUT2D eigenvalue weighted by molar-refractivity contribution is 7.91. The Morgan fingerprint density at radius 1 is 1.37 bits per heavy atom. The molecule has 1 aromatic heterocycles. The van der Waals surface area contributed by atoms with Crippen LogP contribution in [0.2, 0.25) is 0 Å². The third-order valence-corrected chi connectivity index (χ3v) is 6.71. The third-order valence-electron chi connectivity index (χ3n) is 4.96.